The monoisotopic (exact) mass is 328 g/mol. The Morgan fingerprint density at radius 1 is 1.24 bits per heavy atom. The molecule has 0 fully saturated rings. The first-order chi connectivity index (χ1) is 9.79. The number of carboxylic acids is 1. The topological polar surface area (TPSA) is 116 Å². The van der Waals surface area contributed by atoms with E-state index < -0.39 is 21.6 Å². The standard InChI is InChI=1S/C12H9ClN2O5S/c13-10-5-9(6-14-11(10)16)21(19,20)15-8-3-1-7(2-4-8)12(17)18/h1-6,15H,(H,14,16)(H,17,18). The van der Waals surface area contributed by atoms with Gasteiger partial charge in [0.25, 0.3) is 15.6 Å². The maximum atomic E-state index is 12.1. The molecule has 9 heteroatoms. The molecule has 3 N–H and O–H groups in total. The predicted octanol–water partition coefficient (Wildman–Crippen LogP) is 1.53. The number of nitrogens with one attached hydrogen (secondary N) is 2. The van der Waals surface area contributed by atoms with Crippen LogP contribution in [0, 0.1) is 0 Å². The third-order valence-corrected chi connectivity index (χ3v) is 4.17. The maximum Gasteiger partial charge on any atom is 0.335 e. The van der Waals surface area contributed by atoms with Crippen molar-refractivity contribution < 1.29 is 18.3 Å². The summed E-state index contributed by atoms with van der Waals surface area (Å²) >= 11 is 5.58. The fourth-order valence-electron chi connectivity index (χ4n) is 1.49. The molecule has 0 atom stereocenters. The average Bonchev–Trinajstić information content (AvgIpc) is 2.42. The van der Waals surface area contributed by atoms with Crippen LogP contribution in [0.15, 0.2) is 46.2 Å². The van der Waals surface area contributed by atoms with E-state index in [4.69, 9.17) is 16.7 Å². The lowest BCUT2D eigenvalue weighted by Crippen LogP contribution is -2.16. The van der Waals surface area contributed by atoms with Gasteiger partial charge in [-0.15, -0.1) is 0 Å². The van der Waals surface area contributed by atoms with Gasteiger partial charge in [0.2, 0.25) is 0 Å². The second kappa shape index (κ2) is 5.58. The number of sulfonamides is 1. The Kier molecular flexibility index (Phi) is 4.01. The molecule has 0 bridgehead atoms. The molecule has 0 saturated carbocycles. The molecule has 7 nitrogen and oxygen atoms in total. The minimum atomic E-state index is -3.94. The Morgan fingerprint density at radius 2 is 1.86 bits per heavy atom. The highest BCUT2D eigenvalue weighted by molar-refractivity contribution is 7.92. The van der Waals surface area contributed by atoms with Gasteiger partial charge in [-0.3, -0.25) is 9.52 Å². The zero-order valence-electron chi connectivity index (χ0n) is 10.3. The van der Waals surface area contributed by atoms with Gasteiger partial charge in [0.1, 0.15) is 9.92 Å². The van der Waals surface area contributed by atoms with Crippen molar-refractivity contribution >= 4 is 33.3 Å². The molecule has 1 heterocycles. The predicted molar refractivity (Wildman–Crippen MR) is 76.3 cm³/mol. The molecule has 0 aliphatic heterocycles. The molecule has 0 radical (unpaired) electrons. The van der Waals surface area contributed by atoms with Crippen molar-refractivity contribution in [3.8, 4) is 0 Å². The highest BCUT2D eigenvalue weighted by Gasteiger charge is 2.16. The van der Waals surface area contributed by atoms with Crippen molar-refractivity contribution in [2.45, 2.75) is 4.90 Å². The van der Waals surface area contributed by atoms with E-state index in [0.717, 1.165) is 12.3 Å². The summed E-state index contributed by atoms with van der Waals surface area (Å²) in [6.45, 7) is 0. The number of hydrogen-bond acceptors (Lipinski definition) is 4. The summed E-state index contributed by atoms with van der Waals surface area (Å²) in [6.07, 6.45) is 1.02. The smallest absolute Gasteiger partial charge is 0.335 e. The van der Waals surface area contributed by atoms with Crippen LogP contribution >= 0.6 is 11.6 Å². The first-order valence-corrected chi connectivity index (χ1v) is 7.40. The summed E-state index contributed by atoms with van der Waals surface area (Å²) in [5.41, 5.74) is -0.381. The highest BCUT2D eigenvalue weighted by atomic mass is 35.5. The second-order valence-electron chi connectivity index (χ2n) is 4.00. The lowest BCUT2D eigenvalue weighted by Gasteiger charge is -2.08. The molecule has 0 saturated heterocycles. The van der Waals surface area contributed by atoms with E-state index in [0.29, 0.717) is 0 Å². The number of aromatic amines is 1. The Hall–Kier alpha value is -2.32. The number of carbonyl (C=O) groups is 1. The minimum Gasteiger partial charge on any atom is -0.478 e. The van der Waals surface area contributed by atoms with Crippen LogP contribution in [0.25, 0.3) is 0 Å². The van der Waals surface area contributed by atoms with Crippen molar-refractivity contribution in [1.29, 1.82) is 0 Å². The van der Waals surface area contributed by atoms with Crippen LogP contribution in [0.4, 0.5) is 5.69 Å². The van der Waals surface area contributed by atoms with Crippen LogP contribution in [0.1, 0.15) is 10.4 Å². The molecule has 1 aromatic carbocycles. The van der Waals surface area contributed by atoms with Gasteiger partial charge < -0.3 is 10.1 Å². The zero-order valence-corrected chi connectivity index (χ0v) is 11.9. The SMILES string of the molecule is O=C(O)c1ccc(NS(=O)(=O)c2c[nH]c(=O)c(Cl)c2)cc1. The second-order valence-corrected chi connectivity index (χ2v) is 6.09. The van der Waals surface area contributed by atoms with Gasteiger partial charge in [-0.2, -0.15) is 0 Å². The summed E-state index contributed by atoms with van der Waals surface area (Å²) in [6, 6.07) is 6.18. The zero-order chi connectivity index (χ0) is 15.6. The van der Waals surface area contributed by atoms with E-state index in [-0.39, 0.29) is 21.2 Å². The van der Waals surface area contributed by atoms with Crippen LogP contribution in [-0.2, 0) is 10.0 Å². The number of pyridine rings is 1. The molecular formula is C12H9ClN2O5S. The molecule has 0 aliphatic rings. The van der Waals surface area contributed by atoms with Crippen molar-refractivity contribution in [3.05, 3.63) is 57.5 Å². The molecule has 21 heavy (non-hydrogen) atoms. The third kappa shape index (κ3) is 3.41. The van der Waals surface area contributed by atoms with Gasteiger partial charge in [0.15, 0.2) is 0 Å². The van der Waals surface area contributed by atoms with Crippen molar-refractivity contribution in [1.82, 2.24) is 4.98 Å². The summed E-state index contributed by atoms with van der Waals surface area (Å²) in [5, 5.41) is 8.50. The van der Waals surface area contributed by atoms with E-state index in [9.17, 15) is 18.0 Å². The number of carboxylic acid groups (broad SMARTS) is 1. The van der Waals surface area contributed by atoms with Crippen molar-refractivity contribution in [2.24, 2.45) is 0 Å². The van der Waals surface area contributed by atoms with Crippen LogP contribution in [0.2, 0.25) is 5.02 Å². The van der Waals surface area contributed by atoms with E-state index in [2.05, 4.69) is 9.71 Å². The molecule has 2 aromatic rings. The van der Waals surface area contributed by atoms with E-state index in [1.807, 2.05) is 0 Å². The van der Waals surface area contributed by atoms with Crippen molar-refractivity contribution in [3.63, 3.8) is 0 Å². The highest BCUT2D eigenvalue weighted by Crippen LogP contribution is 2.17. The Labute approximate surface area is 124 Å². The van der Waals surface area contributed by atoms with Gasteiger partial charge >= 0.3 is 5.97 Å². The van der Waals surface area contributed by atoms with Gasteiger partial charge in [0, 0.05) is 11.9 Å². The number of aromatic nitrogens is 1. The third-order valence-electron chi connectivity index (χ3n) is 2.53. The van der Waals surface area contributed by atoms with E-state index in [1.165, 1.54) is 24.3 Å². The molecule has 1 aromatic heterocycles. The summed E-state index contributed by atoms with van der Waals surface area (Å²) in [4.78, 5) is 23.8. The Balaban J connectivity index is 2.30. The Morgan fingerprint density at radius 3 is 2.38 bits per heavy atom. The summed E-state index contributed by atoms with van der Waals surface area (Å²) in [7, 11) is -3.94. The quantitative estimate of drug-likeness (QED) is 0.787. The normalized spacial score (nSPS) is 11.1. The van der Waals surface area contributed by atoms with Gasteiger partial charge in [-0.1, -0.05) is 11.6 Å². The van der Waals surface area contributed by atoms with Crippen LogP contribution in [0.5, 0.6) is 0 Å². The van der Waals surface area contributed by atoms with Gasteiger partial charge in [0.05, 0.1) is 5.56 Å². The molecular weight excluding hydrogens is 320 g/mol. The molecule has 110 valence electrons. The minimum absolute atomic E-state index is 0.0324. The average molecular weight is 329 g/mol. The van der Waals surface area contributed by atoms with Crippen LogP contribution < -0.4 is 10.3 Å². The van der Waals surface area contributed by atoms with E-state index in [1.54, 1.807) is 0 Å². The van der Waals surface area contributed by atoms with Crippen molar-refractivity contribution in [2.75, 3.05) is 4.72 Å². The van der Waals surface area contributed by atoms with Crippen LogP contribution in [-0.4, -0.2) is 24.5 Å². The summed E-state index contributed by atoms with van der Waals surface area (Å²) in [5.74, 6) is -1.11. The molecule has 0 unspecified atom stereocenters. The number of H-pyrrole nitrogens is 1. The number of aromatic carboxylic acids is 1. The number of halogens is 1. The molecule has 2 rings (SSSR count). The lowest BCUT2D eigenvalue weighted by atomic mass is 10.2. The number of anilines is 1. The number of benzene rings is 1. The van der Waals surface area contributed by atoms with E-state index >= 15 is 0 Å². The largest absolute Gasteiger partial charge is 0.478 e. The lowest BCUT2D eigenvalue weighted by molar-refractivity contribution is 0.0697. The van der Waals surface area contributed by atoms with Gasteiger partial charge in [-0.05, 0) is 30.3 Å². The molecule has 0 aliphatic carbocycles. The molecule has 0 amide bonds. The number of rotatable bonds is 4. The van der Waals surface area contributed by atoms with Crippen LogP contribution in [0.3, 0.4) is 0 Å². The van der Waals surface area contributed by atoms with Gasteiger partial charge in [-0.25, -0.2) is 13.2 Å². The maximum absolute atomic E-state index is 12.1. The Bertz CT molecular complexity index is 843. The summed E-state index contributed by atoms with van der Waals surface area (Å²) < 4.78 is 26.4. The molecule has 0 spiro atoms. The first-order valence-electron chi connectivity index (χ1n) is 5.54. The fourth-order valence-corrected chi connectivity index (χ4v) is 2.78. The fraction of sp³-hybridized carbons (Fsp3) is 0. The first kappa shape index (κ1) is 15.1. The number of hydrogen-bond donors (Lipinski definition) is 3.